The molecular formula is C15H24O3. The van der Waals surface area contributed by atoms with Crippen LogP contribution in [0.5, 0.6) is 5.75 Å². The van der Waals surface area contributed by atoms with E-state index in [0.29, 0.717) is 6.42 Å². The third kappa shape index (κ3) is 4.00. The normalized spacial score (nSPS) is 13.4. The molecule has 0 aliphatic carbocycles. The van der Waals surface area contributed by atoms with E-state index in [2.05, 4.69) is 6.92 Å². The van der Waals surface area contributed by atoms with Crippen LogP contribution in [-0.4, -0.2) is 29.0 Å². The molecule has 0 amide bonds. The molecular weight excluding hydrogens is 228 g/mol. The molecule has 1 atom stereocenters. The summed E-state index contributed by atoms with van der Waals surface area (Å²) >= 11 is 0. The zero-order chi connectivity index (χ0) is 13.8. The minimum Gasteiger partial charge on any atom is -0.485 e. The van der Waals surface area contributed by atoms with Crippen molar-refractivity contribution in [3.8, 4) is 5.75 Å². The number of aliphatic hydroxyl groups excluding tert-OH is 2. The van der Waals surface area contributed by atoms with Crippen LogP contribution in [0, 0.1) is 6.92 Å². The van der Waals surface area contributed by atoms with Gasteiger partial charge in [-0.1, -0.05) is 19.1 Å². The molecule has 1 aromatic carbocycles. The molecule has 102 valence electrons. The monoisotopic (exact) mass is 252 g/mol. The fourth-order valence-electron chi connectivity index (χ4n) is 1.82. The number of aryl methyl sites for hydroxylation is 1. The summed E-state index contributed by atoms with van der Waals surface area (Å²) in [6.07, 6.45) is 0.707. The van der Waals surface area contributed by atoms with E-state index in [1.54, 1.807) is 0 Å². The van der Waals surface area contributed by atoms with E-state index < -0.39 is 5.60 Å². The van der Waals surface area contributed by atoms with Crippen molar-refractivity contribution in [2.24, 2.45) is 0 Å². The second-order valence-corrected chi connectivity index (χ2v) is 5.47. The summed E-state index contributed by atoms with van der Waals surface area (Å²) in [5.41, 5.74) is 1.61. The SMILES string of the molecule is Cc1ccc([C@@H](C)CCO)c(OC(C)(C)CO)c1. The maximum absolute atomic E-state index is 9.29. The van der Waals surface area contributed by atoms with E-state index in [4.69, 9.17) is 9.84 Å². The Labute approximate surface area is 109 Å². The van der Waals surface area contributed by atoms with Crippen molar-refractivity contribution in [1.82, 2.24) is 0 Å². The van der Waals surface area contributed by atoms with Crippen LogP contribution in [0.3, 0.4) is 0 Å². The molecule has 0 spiro atoms. The second kappa shape index (κ2) is 6.21. The fourth-order valence-corrected chi connectivity index (χ4v) is 1.82. The van der Waals surface area contributed by atoms with Gasteiger partial charge in [-0.05, 0) is 50.3 Å². The Morgan fingerprint density at radius 3 is 2.50 bits per heavy atom. The van der Waals surface area contributed by atoms with Crippen LogP contribution in [0.2, 0.25) is 0 Å². The van der Waals surface area contributed by atoms with E-state index >= 15 is 0 Å². The molecule has 0 heterocycles. The Kier molecular flexibility index (Phi) is 5.17. The predicted octanol–water partition coefficient (Wildman–Crippen LogP) is 2.63. The lowest BCUT2D eigenvalue weighted by Crippen LogP contribution is -2.33. The summed E-state index contributed by atoms with van der Waals surface area (Å²) in [5, 5.41) is 18.3. The highest BCUT2D eigenvalue weighted by Gasteiger charge is 2.21. The molecule has 0 bridgehead atoms. The first-order chi connectivity index (χ1) is 8.39. The topological polar surface area (TPSA) is 49.7 Å². The molecule has 0 unspecified atom stereocenters. The van der Waals surface area contributed by atoms with Gasteiger partial charge in [0.1, 0.15) is 11.4 Å². The van der Waals surface area contributed by atoms with E-state index in [0.717, 1.165) is 16.9 Å². The average Bonchev–Trinajstić information content (AvgIpc) is 2.29. The quantitative estimate of drug-likeness (QED) is 0.818. The van der Waals surface area contributed by atoms with Gasteiger partial charge in [-0.15, -0.1) is 0 Å². The van der Waals surface area contributed by atoms with Crippen LogP contribution in [0.15, 0.2) is 18.2 Å². The second-order valence-electron chi connectivity index (χ2n) is 5.47. The molecule has 1 aromatic rings. The van der Waals surface area contributed by atoms with Crippen LogP contribution in [0.25, 0.3) is 0 Å². The number of hydrogen-bond acceptors (Lipinski definition) is 3. The summed E-state index contributed by atoms with van der Waals surface area (Å²) in [6.45, 7) is 7.93. The highest BCUT2D eigenvalue weighted by molar-refractivity contribution is 5.39. The molecule has 18 heavy (non-hydrogen) atoms. The molecule has 0 saturated heterocycles. The molecule has 1 rings (SSSR count). The lowest BCUT2D eigenvalue weighted by Gasteiger charge is -2.27. The number of hydrogen-bond donors (Lipinski definition) is 2. The summed E-state index contributed by atoms with van der Waals surface area (Å²) in [6, 6.07) is 6.07. The van der Waals surface area contributed by atoms with Gasteiger partial charge in [0.25, 0.3) is 0 Å². The Hall–Kier alpha value is -1.06. The Morgan fingerprint density at radius 1 is 1.28 bits per heavy atom. The van der Waals surface area contributed by atoms with Gasteiger partial charge in [-0.3, -0.25) is 0 Å². The Balaban J connectivity index is 3.04. The fraction of sp³-hybridized carbons (Fsp3) is 0.600. The van der Waals surface area contributed by atoms with Gasteiger partial charge >= 0.3 is 0 Å². The van der Waals surface area contributed by atoms with Crippen LogP contribution in [0.4, 0.5) is 0 Å². The standard InChI is InChI=1S/C15H24O3/c1-11-5-6-13(12(2)7-8-16)14(9-11)18-15(3,4)10-17/h5-6,9,12,16-17H,7-8,10H2,1-4H3/t12-/m0/s1. The van der Waals surface area contributed by atoms with Crippen molar-refractivity contribution in [3.05, 3.63) is 29.3 Å². The molecule has 0 radical (unpaired) electrons. The van der Waals surface area contributed by atoms with Gasteiger partial charge in [0.05, 0.1) is 6.61 Å². The van der Waals surface area contributed by atoms with Gasteiger partial charge in [0.15, 0.2) is 0 Å². The lowest BCUT2D eigenvalue weighted by molar-refractivity contribution is 0.0400. The smallest absolute Gasteiger partial charge is 0.126 e. The summed E-state index contributed by atoms with van der Waals surface area (Å²) in [5.74, 6) is 1.04. The molecule has 0 aliphatic rings. The van der Waals surface area contributed by atoms with Crippen LogP contribution >= 0.6 is 0 Å². The van der Waals surface area contributed by atoms with E-state index in [1.807, 2.05) is 39.0 Å². The largest absolute Gasteiger partial charge is 0.485 e. The summed E-state index contributed by atoms with van der Waals surface area (Å²) in [4.78, 5) is 0. The third-order valence-corrected chi connectivity index (χ3v) is 3.03. The molecule has 3 heteroatoms. The first kappa shape index (κ1) is 15.0. The molecule has 0 saturated carbocycles. The van der Waals surface area contributed by atoms with E-state index in [9.17, 15) is 5.11 Å². The van der Waals surface area contributed by atoms with Crippen LogP contribution in [0.1, 0.15) is 44.2 Å². The van der Waals surface area contributed by atoms with Crippen molar-refractivity contribution >= 4 is 0 Å². The van der Waals surface area contributed by atoms with Gasteiger partial charge in [0, 0.05) is 6.61 Å². The van der Waals surface area contributed by atoms with E-state index in [1.165, 1.54) is 0 Å². The lowest BCUT2D eigenvalue weighted by atomic mass is 9.96. The van der Waals surface area contributed by atoms with E-state index in [-0.39, 0.29) is 19.1 Å². The van der Waals surface area contributed by atoms with Gasteiger partial charge in [-0.25, -0.2) is 0 Å². The Bertz CT molecular complexity index is 385. The van der Waals surface area contributed by atoms with Gasteiger partial charge < -0.3 is 14.9 Å². The summed E-state index contributed by atoms with van der Waals surface area (Å²) < 4.78 is 5.90. The van der Waals surface area contributed by atoms with Crippen molar-refractivity contribution in [3.63, 3.8) is 0 Å². The highest BCUT2D eigenvalue weighted by atomic mass is 16.5. The number of ether oxygens (including phenoxy) is 1. The van der Waals surface area contributed by atoms with Crippen molar-refractivity contribution in [2.75, 3.05) is 13.2 Å². The molecule has 0 aliphatic heterocycles. The molecule has 0 aromatic heterocycles. The minimum atomic E-state index is -0.596. The zero-order valence-corrected chi connectivity index (χ0v) is 11.7. The first-order valence-electron chi connectivity index (χ1n) is 6.41. The minimum absolute atomic E-state index is 0.0330. The van der Waals surface area contributed by atoms with Crippen LogP contribution in [-0.2, 0) is 0 Å². The predicted molar refractivity (Wildman–Crippen MR) is 73.1 cm³/mol. The molecule has 3 nitrogen and oxygen atoms in total. The van der Waals surface area contributed by atoms with Gasteiger partial charge in [-0.2, -0.15) is 0 Å². The Morgan fingerprint density at radius 2 is 1.94 bits per heavy atom. The first-order valence-corrected chi connectivity index (χ1v) is 6.41. The van der Waals surface area contributed by atoms with Crippen molar-refractivity contribution in [2.45, 2.75) is 45.6 Å². The van der Waals surface area contributed by atoms with Gasteiger partial charge in [0.2, 0.25) is 0 Å². The zero-order valence-electron chi connectivity index (χ0n) is 11.7. The third-order valence-electron chi connectivity index (χ3n) is 3.03. The van der Waals surface area contributed by atoms with Crippen molar-refractivity contribution in [1.29, 1.82) is 0 Å². The number of aliphatic hydroxyl groups is 2. The maximum atomic E-state index is 9.29. The average molecular weight is 252 g/mol. The van der Waals surface area contributed by atoms with Crippen molar-refractivity contribution < 1.29 is 14.9 Å². The highest BCUT2D eigenvalue weighted by Crippen LogP contribution is 2.32. The molecule has 2 N–H and O–H groups in total. The summed E-state index contributed by atoms with van der Waals surface area (Å²) in [7, 11) is 0. The maximum Gasteiger partial charge on any atom is 0.126 e. The van der Waals surface area contributed by atoms with Crippen LogP contribution < -0.4 is 4.74 Å². The molecule has 0 fully saturated rings. The number of rotatable bonds is 6. The number of benzene rings is 1.